The van der Waals surface area contributed by atoms with Gasteiger partial charge in [0.05, 0.1) is 21.2 Å². The number of aromatic nitrogens is 2. The van der Waals surface area contributed by atoms with Crippen LogP contribution >= 0.6 is 0 Å². The molecule has 2 aromatic carbocycles. The SMILES string of the molecule is [2H]C=C[C@@]1(OCc2ccccc2)[C@@H](COCc2ccccc2)OC(n2cc(C)c(=O)[nH]c2=O)[C@@H]1OC(C)=O. The molecule has 9 nitrogen and oxygen atoms in total. The molecule has 0 aliphatic carbocycles. The second-order valence-corrected chi connectivity index (χ2v) is 8.82. The molecule has 1 unspecified atom stereocenters. The number of rotatable bonds is 10. The lowest BCUT2D eigenvalue weighted by Crippen LogP contribution is -2.52. The van der Waals surface area contributed by atoms with Gasteiger partial charge in [-0.2, -0.15) is 0 Å². The Morgan fingerprint density at radius 1 is 1.14 bits per heavy atom. The van der Waals surface area contributed by atoms with Gasteiger partial charge in [-0.15, -0.1) is 0 Å². The Kier molecular flexibility index (Phi) is 7.74. The summed E-state index contributed by atoms with van der Waals surface area (Å²) in [5, 5.41) is 0. The van der Waals surface area contributed by atoms with Crippen molar-refractivity contribution in [2.75, 3.05) is 6.61 Å². The van der Waals surface area contributed by atoms with Gasteiger partial charge < -0.3 is 18.9 Å². The third-order valence-corrected chi connectivity index (χ3v) is 6.20. The van der Waals surface area contributed by atoms with E-state index >= 15 is 0 Å². The molecule has 1 N–H and O–H groups in total. The number of carbonyl (C=O) groups is 1. The molecule has 4 atom stereocenters. The molecule has 9 heteroatoms. The van der Waals surface area contributed by atoms with Gasteiger partial charge in [0.15, 0.2) is 17.9 Å². The highest BCUT2D eigenvalue weighted by Gasteiger charge is 2.59. The quantitative estimate of drug-likeness (QED) is 0.332. The first-order valence-electron chi connectivity index (χ1n) is 12.4. The van der Waals surface area contributed by atoms with Crippen LogP contribution in [0.4, 0.5) is 0 Å². The van der Waals surface area contributed by atoms with E-state index in [1.54, 1.807) is 6.92 Å². The highest BCUT2D eigenvalue weighted by molar-refractivity contribution is 5.66. The lowest BCUT2D eigenvalue weighted by molar-refractivity contribution is -0.167. The largest absolute Gasteiger partial charge is 0.454 e. The topological polar surface area (TPSA) is 109 Å². The van der Waals surface area contributed by atoms with Crippen molar-refractivity contribution in [1.29, 1.82) is 0 Å². The van der Waals surface area contributed by atoms with E-state index in [4.69, 9.17) is 20.3 Å². The number of hydrogen-bond donors (Lipinski definition) is 1. The number of carbonyl (C=O) groups excluding carboxylic acids is 1. The Balaban J connectivity index is 1.75. The van der Waals surface area contributed by atoms with Crippen molar-refractivity contribution in [2.45, 2.75) is 51.1 Å². The van der Waals surface area contributed by atoms with E-state index in [9.17, 15) is 14.4 Å². The van der Waals surface area contributed by atoms with Crippen LogP contribution in [0.3, 0.4) is 0 Å². The molecular formula is C28H30N2O7. The summed E-state index contributed by atoms with van der Waals surface area (Å²) in [6.07, 6.45) is -0.436. The van der Waals surface area contributed by atoms with E-state index in [0.717, 1.165) is 17.7 Å². The van der Waals surface area contributed by atoms with E-state index in [1.165, 1.54) is 23.8 Å². The van der Waals surface area contributed by atoms with Gasteiger partial charge in [-0.3, -0.25) is 19.1 Å². The van der Waals surface area contributed by atoms with E-state index in [0.29, 0.717) is 0 Å². The monoisotopic (exact) mass is 507 g/mol. The number of hydrogen-bond acceptors (Lipinski definition) is 7. The Bertz CT molecular complexity index is 1370. The molecule has 3 aromatic rings. The summed E-state index contributed by atoms with van der Waals surface area (Å²) in [6.45, 7) is 4.21. The molecule has 0 amide bonds. The number of aryl methyl sites for hydroxylation is 1. The van der Waals surface area contributed by atoms with E-state index in [1.807, 2.05) is 60.7 Å². The van der Waals surface area contributed by atoms with Gasteiger partial charge in [-0.05, 0) is 18.1 Å². The fourth-order valence-electron chi connectivity index (χ4n) is 4.30. The van der Waals surface area contributed by atoms with Crippen molar-refractivity contribution in [3.8, 4) is 0 Å². The van der Waals surface area contributed by atoms with Gasteiger partial charge in [0.25, 0.3) is 5.56 Å². The highest BCUT2D eigenvalue weighted by atomic mass is 16.6. The van der Waals surface area contributed by atoms with Crippen molar-refractivity contribution < 1.29 is 25.1 Å². The zero-order chi connectivity index (χ0) is 27.1. The second kappa shape index (κ2) is 11.5. The highest BCUT2D eigenvalue weighted by Crippen LogP contribution is 2.43. The molecule has 1 saturated heterocycles. The average Bonchev–Trinajstić information content (AvgIpc) is 3.18. The third kappa shape index (κ3) is 5.80. The number of H-pyrrole nitrogens is 1. The van der Waals surface area contributed by atoms with Gasteiger partial charge in [0.2, 0.25) is 0 Å². The lowest BCUT2D eigenvalue weighted by Gasteiger charge is -2.35. The van der Waals surface area contributed by atoms with Crippen LogP contribution in [0.5, 0.6) is 0 Å². The number of nitrogens with zero attached hydrogens (tertiary/aromatic N) is 1. The summed E-state index contributed by atoms with van der Waals surface area (Å²) in [6, 6.07) is 18.9. The zero-order valence-electron chi connectivity index (χ0n) is 21.7. The lowest BCUT2D eigenvalue weighted by atomic mass is 9.91. The molecule has 0 spiro atoms. The van der Waals surface area contributed by atoms with E-state index in [-0.39, 0.29) is 25.4 Å². The van der Waals surface area contributed by atoms with Crippen molar-refractivity contribution in [2.24, 2.45) is 0 Å². The van der Waals surface area contributed by atoms with Crippen LogP contribution in [0, 0.1) is 6.92 Å². The van der Waals surface area contributed by atoms with Gasteiger partial charge >= 0.3 is 11.7 Å². The molecule has 0 bridgehead atoms. The van der Waals surface area contributed by atoms with Crippen molar-refractivity contribution in [3.63, 3.8) is 0 Å². The molecule has 0 radical (unpaired) electrons. The molecule has 4 rings (SSSR count). The van der Waals surface area contributed by atoms with Crippen LogP contribution in [0.2, 0.25) is 0 Å². The maximum absolute atomic E-state index is 12.8. The fraction of sp³-hybridized carbons (Fsp3) is 0.321. The van der Waals surface area contributed by atoms with Crippen LogP contribution in [0.15, 0.2) is 89.1 Å². The molecule has 1 fully saturated rings. The third-order valence-electron chi connectivity index (χ3n) is 6.20. The van der Waals surface area contributed by atoms with Gasteiger partial charge in [0.1, 0.15) is 6.10 Å². The summed E-state index contributed by atoms with van der Waals surface area (Å²) in [7, 11) is 0. The maximum Gasteiger partial charge on any atom is 0.330 e. The summed E-state index contributed by atoms with van der Waals surface area (Å²) < 4.78 is 33.5. The molecule has 1 aliphatic heterocycles. The normalized spacial score (nSPS) is 23.7. The maximum atomic E-state index is 12.8. The van der Waals surface area contributed by atoms with Crippen LogP contribution in [-0.2, 0) is 37.0 Å². The Morgan fingerprint density at radius 3 is 2.41 bits per heavy atom. The molecular weight excluding hydrogens is 476 g/mol. The fourth-order valence-corrected chi connectivity index (χ4v) is 4.30. The predicted octanol–water partition coefficient (Wildman–Crippen LogP) is 3.03. The standard InChI is InChI=1S/C28H30N2O7/c1-4-28(35-17-22-13-9-6-10-14-22)23(18-34-16-21-11-7-5-8-12-21)37-26(24(28)36-20(3)31)30-15-19(2)25(32)29-27(30)33/h4-15,23-24,26H,1,16-18H2,2-3H3,(H,29,32,33)/t23-,24+,26?,28-/m1/s1/i1D. The molecule has 2 heterocycles. The molecule has 0 saturated carbocycles. The molecule has 1 aliphatic rings. The van der Waals surface area contributed by atoms with Crippen LogP contribution in [0.25, 0.3) is 0 Å². The first-order chi connectivity index (χ1) is 18.3. The minimum atomic E-state index is -1.49. The van der Waals surface area contributed by atoms with Gasteiger partial charge in [-0.1, -0.05) is 73.3 Å². The number of nitrogens with one attached hydrogen (secondary N) is 1. The average molecular weight is 508 g/mol. The summed E-state index contributed by atoms with van der Waals surface area (Å²) in [4.78, 5) is 39.4. The summed E-state index contributed by atoms with van der Waals surface area (Å²) >= 11 is 0. The van der Waals surface area contributed by atoms with Gasteiger partial charge in [0, 0.05) is 18.7 Å². The zero-order valence-corrected chi connectivity index (χ0v) is 20.7. The number of ether oxygens (including phenoxy) is 4. The minimum absolute atomic E-state index is 0.000620. The molecule has 194 valence electrons. The Morgan fingerprint density at radius 2 is 1.78 bits per heavy atom. The Labute approximate surface area is 215 Å². The first-order valence-corrected chi connectivity index (χ1v) is 11.8. The number of benzene rings is 2. The Hall–Kier alpha value is -3.79. The van der Waals surface area contributed by atoms with Crippen LogP contribution < -0.4 is 11.2 Å². The molecule has 37 heavy (non-hydrogen) atoms. The predicted molar refractivity (Wildman–Crippen MR) is 136 cm³/mol. The second-order valence-electron chi connectivity index (χ2n) is 8.82. The van der Waals surface area contributed by atoms with Crippen molar-refractivity contribution in [3.05, 3.63) is 117 Å². The first kappa shape index (κ1) is 24.9. The minimum Gasteiger partial charge on any atom is -0.454 e. The van der Waals surface area contributed by atoms with E-state index < -0.39 is 41.3 Å². The summed E-state index contributed by atoms with van der Waals surface area (Å²) in [5.41, 5.74) is -0.706. The smallest absolute Gasteiger partial charge is 0.330 e. The van der Waals surface area contributed by atoms with Crippen molar-refractivity contribution >= 4 is 5.97 Å². The van der Waals surface area contributed by atoms with Crippen LogP contribution in [-0.4, -0.2) is 39.9 Å². The number of aromatic amines is 1. The van der Waals surface area contributed by atoms with Crippen molar-refractivity contribution in [1.82, 2.24) is 9.55 Å². The van der Waals surface area contributed by atoms with Crippen LogP contribution in [0.1, 0.15) is 31.2 Å². The van der Waals surface area contributed by atoms with Gasteiger partial charge in [-0.25, -0.2) is 4.79 Å². The number of esters is 1. The molecule has 1 aromatic heterocycles. The summed E-state index contributed by atoms with van der Waals surface area (Å²) in [5.74, 6) is -0.630. The van der Waals surface area contributed by atoms with E-state index in [2.05, 4.69) is 4.98 Å².